The number of carboxylic acid groups (broad SMARTS) is 1. The van der Waals surface area contributed by atoms with Gasteiger partial charge in [0.05, 0.1) is 18.3 Å². The van der Waals surface area contributed by atoms with Gasteiger partial charge in [0.25, 0.3) is 0 Å². The van der Waals surface area contributed by atoms with Crippen molar-refractivity contribution >= 4 is 5.97 Å². The van der Waals surface area contributed by atoms with Crippen LogP contribution in [0, 0.1) is 12.7 Å². The van der Waals surface area contributed by atoms with Crippen LogP contribution in [-0.4, -0.2) is 20.9 Å². The predicted molar refractivity (Wildman–Crippen MR) is 59.4 cm³/mol. The minimum Gasteiger partial charge on any atom is -0.478 e. The average molecular weight is 234 g/mol. The fourth-order valence-electron chi connectivity index (χ4n) is 1.60. The van der Waals surface area contributed by atoms with Crippen LogP contribution in [0.25, 0.3) is 0 Å². The molecule has 1 aromatic heterocycles. The highest BCUT2D eigenvalue weighted by atomic mass is 19.1. The molecule has 0 unspecified atom stereocenters. The molecule has 2 rings (SSSR count). The van der Waals surface area contributed by atoms with Crippen LogP contribution in [0.4, 0.5) is 4.39 Å². The SMILES string of the molecule is Cc1cnn(Cc2cccc(C(=O)O)c2F)c1. The molecule has 0 aliphatic carbocycles. The summed E-state index contributed by atoms with van der Waals surface area (Å²) >= 11 is 0. The van der Waals surface area contributed by atoms with Crippen LogP contribution < -0.4 is 0 Å². The molecule has 88 valence electrons. The van der Waals surface area contributed by atoms with Gasteiger partial charge in [-0.1, -0.05) is 12.1 Å². The molecule has 0 aliphatic heterocycles. The van der Waals surface area contributed by atoms with Gasteiger partial charge in [0.15, 0.2) is 0 Å². The van der Waals surface area contributed by atoms with Gasteiger partial charge in [-0.2, -0.15) is 5.10 Å². The summed E-state index contributed by atoms with van der Waals surface area (Å²) in [5, 5.41) is 12.8. The second-order valence-corrected chi connectivity index (χ2v) is 3.80. The average Bonchev–Trinajstić information content (AvgIpc) is 2.67. The Kier molecular flexibility index (Phi) is 2.91. The van der Waals surface area contributed by atoms with Gasteiger partial charge in [-0.05, 0) is 18.6 Å². The molecule has 0 spiro atoms. The number of halogens is 1. The van der Waals surface area contributed by atoms with Crippen molar-refractivity contribution in [3.63, 3.8) is 0 Å². The van der Waals surface area contributed by atoms with Crippen LogP contribution in [0.3, 0.4) is 0 Å². The molecule has 0 saturated carbocycles. The maximum atomic E-state index is 13.8. The van der Waals surface area contributed by atoms with Gasteiger partial charge in [-0.25, -0.2) is 9.18 Å². The molecule has 2 aromatic rings. The molecule has 0 radical (unpaired) electrons. The zero-order chi connectivity index (χ0) is 12.4. The molecular formula is C12H11FN2O2. The van der Waals surface area contributed by atoms with Crippen molar-refractivity contribution in [2.75, 3.05) is 0 Å². The fourth-order valence-corrected chi connectivity index (χ4v) is 1.60. The maximum absolute atomic E-state index is 13.8. The van der Waals surface area contributed by atoms with E-state index in [1.165, 1.54) is 12.1 Å². The number of aromatic carboxylic acids is 1. The standard InChI is InChI=1S/C12H11FN2O2/c1-8-5-14-15(6-8)7-9-3-2-4-10(11(9)13)12(16)17/h2-6H,7H2,1H3,(H,16,17). The molecular weight excluding hydrogens is 223 g/mol. The van der Waals surface area contributed by atoms with Crippen LogP contribution in [0.2, 0.25) is 0 Å². The van der Waals surface area contributed by atoms with Crippen molar-refractivity contribution in [3.8, 4) is 0 Å². The molecule has 0 atom stereocenters. The summed E-state index contributed by atoms with van der Waals surface area (Å²) in [4.78, 5) is 10.8. The normalized spacial score (nSPS) is 10.5. The van der Waals surface area contributed by atoms with Crippen LogP contribution >= 0.6 is 0 Å². The summed E-state index contributed by atoms with van der Waals surface area (Å²) in [5.74, 6) is -1.96. The van der Waals surface area contributed by atoms with Crippen LogP contribution in [0.1, 0.15) is 21.5 Å². The Morgan fingerprint density at radius 1 is 1.53 bits per heavy atom. The molecule has 1 aromatic carbocycles. The van der Waals surface area contributed by atoms with Crippen molar-refractivity contribution < 1.29 is 14.3 Å². The summed E-state index contributed by atoms with van der Waals surface area (Å²) in [6.45, 7) is 2.11. The van der Waals surface area contributed by atoms with Gasteiger partial charge in [0.1, 0.15) is 5.82 Å². The summed E-state index contributed by atoms with van der Waals surface area (Å²) < 4.78 is 15.4. The number of nitrogens with zero attached hydrogens (tertiary/aromatic N) is 2. The Labute approximate surface area is 97.3 Å². The first kappa shape index (κ1) is 11.3. The van der Waals surface area contributed by atoms with E-state index in [1.807, 2.05) is 6.92 Å². The minimum atomic E-state index is -1.26. The van der Waals surface area contributed by atoms with Crippen molar-refractivity contribution in [3.05, 3.63) is 53.1 Å². The summed E-state index contributed by atoms with van der Waals surface area (Å²) in [7, 11) is 0. The first-order valence-electron chi connectivity index (χ1n) is 5.07. The second-order valence-electron chi connectivity index (χ2n) is 3.80. The van der Waals surface area contributed by atoms with E-state index in [0.717, 1.165) is 5.56 Å². The monoisotopic (exact) mass is 234 g/mol. The van der Waals surface area contributed by atoms with E-state index in [1.54, 1.807) is 23.1 Å². The van der Waals surface area contributed by atoms with Gasteiger partial charge < -0.3 is 5.11 Å². The minimum absolute atomic E-state index is 0.223. The van der Waals surface area contributed by atoms with Crippen molar-refractivity contribution in [2.45, 2.75) is 13.5 Å². The van der Waals surface area contributed by atoms with E-state index in [2.05, 4.69) is 5.10 Å². The van der Waals surface area contributed by atoms with Crippen LogP contribution in [0.15, 0.2) is 30.6 Å². The van der Waals surface area contributed by atoms with Gasteiger partial charge in [0.2, 0.25) is 0 Å². The smallest absolute Gasteiger partial charge is 0.338 e. The van der Waals surface area contributed by atoms with Gasteiger partial charge in [0, 0.05) is 11.8 Å². The van der Waals surface area contributed by atoms with Crippen LogP contribution in [-0.2, 0) is 6.54 Å². The number of aryl methyl sites for hydroxylation is 1. The molecule has 0 fully saturated rings. The van der Waals surface area contributed by atoms with E-state index in [-0.39, 0.29) is 12.1 Å². The molecule has 17 heavy (non-hydrogen) atoms. The summed E-state index contributed by atoms with van der Waals surface area (Å²) in [6.07, 6.45) is 3.44. The fraction of sp³-hybridized carbons (Fsp3) is 0.167. The third-order valence-electron chi connectivity index (χ3n) is 2.40. The van der Waals surface area contributed by atoms with E-state index in [9.17, 15) is 9.18 Å². The summed E-state index contributed by atoms with van der Waals surface area (Å²) in [5.41, 5.74) is 0.971. The van der Waals surface area contributed by atoms with Gasteiger partial charge in [-0.15, -0.1) is 0 Å². The first-order valence-corrected chi connectivity index (χ1v) is 5.07. The number of hydrogen-bond acceptors (Lipinski definition) is 2. The molecule has 0 aliphatic rings. The lowest BCUT2D eigenvalue weighted by Gasteiger charge is -2.05. The van der Waals surface area contributed by atoms with E-state index in [0.29, 0.717) is 5.56 Å². The van der Waals surface area contributed by atoms with Gasteiger partial charge >= 0.3 is 5.97 Å². The topological polar surface area (TPSA) is 55.1 Å². The van der Waals surface area contributed by atoms with E-state index >= 15 is 0 Å². The largest absolute Gasteiger partial charge is 0.478 e. The number of carbonyl (C=O) groups is 1. The highest BCUT2D eigenvalue weighted by molar-refractivity contribution is 5.88. The van der Waals surface area contributed by atoms with Gasteiger partial charge in [-0.3, -0.25) is 4.68 Å². The lowest BCUT2D eigenvalue weighted by atomic mass is 10.1. The molecule has 0 saturated heterocycles. The molecule has 4 nitrogen and oxygen atoms in total. The van der Waals surface area contributed by atoms with Crippen molar-refractivity contribution in [1.29, 1.82) is 0 Å². The number of hydrogen-bond donors (Lipinski definition) is 1. The number of carboxylic acids is 1. The van der Waals surface area contributed by atoms with E-state index < -0.39 is 11.8 Å². The number of rotatable bonds is 3. The third kappa shape index (κ3) is 2.33. The number of benzene rings is 1. The second kappa shape index (κ2) is 4.37. The quantitative estimate of drug-likeness (QED) is 0.884. The molecule has 5 heteroatoms. The predicted octanol–water partition coefficient (Wildman–Crippen LogP) is 2.08. The highest BCUT2D eigenvalue weighted by Crippen LogP contribution is 2.14. The zero-order valence-electron chi connectivity index (χ0n) is 9.22. The zero-order valence-corrected chi connectivity index (χ0v) is 9.22. The third-order valence-corrected chi connectivity index (χ3v) is 2.40. The van der Waals surface area contributed by atoms with Crippen molar-refractivity contribution in [1.82, 2.24) is 9.78 Å². The number of aromatic nitrogens is 2. The Balaban J connectivity index is 2.33. The molecule has 1 heterocycles. The van der Waals surface area contributed by atoms with Crippen LogP contribution in [0.5, 0.6) is 0 Å². The molecule has 0 bridgehead atoms. The summed E-state index contributed by atoms with van der Waals surface area (Å²) in [6, 6.07) is 4.33. The lowest BCUT2D eigenvalue weighted by molar-refractivity contribution is 0.0691. The first-order chi connectivity index (χ1) is 8.08. The highest BCUT2D eigenvalue weighted by Gasteiger charge is 2.13. The van der Waals surface area contributed by atoms with Crippen molar-refractivity contribution in [2.24, 2.45) is 0 Å². The maximum Gasteiger partial charge on any atom is 0.338 e. The molecule has 1 N–H and O–H groups in total. The molecule has 0 amide bonds. The Morgan fingerprint density at radius 3 is 2.88 bits per heavy atom. The Hall–Kier alpha value is -2.17. The Bertz CT molecular complexity index is 563. The lowest BCUT2D eigenvalue weighted by Crippen LogP contribution is -2.07. The van der Waals surface area contributed by atoms with E-state index in [4.69, 9.17) is 5.11 Å². The Morgan fingerprint density at radius 2 is 2.29 bits per heavy atom.